The number of fused-ring (bicyclic) bond motifs is 1. The van der Waals surface area contributed by atoms with Gasteiger partial charge in [-0.3, -0.25) is 14.4 Å². The van der Waals surface area contributed by atoms with Gasteiger partial charge in [0.2, 0.25) is 11.8 Å². The van der Waals surface area contributed by atoms with Crippen LogP contribution in [0.25, 0.3) is 10.4 Å². The quantitative estimate of drug-likeness (QED) is 0.481. The van der Waals surface area contributed by atoms with E-state index in [2.05, 4.69) is 16.4 Å². The summed E-state index contributed by atoms with van der Waals surface area (Å²) in [7, 11) is 0. The number of nitrogens with one attached hydrogen (secondary N) is 1. The molecule has 1 saturated heterocycles. The molecule has 3 amide bonds. The molecule has 1 fully saturated rings. The molecule has 5 rings (SSSR count). The molecule has 39 heavy (non-hydrogen) atoms. The largest absolute Gasteiger partial charge is 0.350 e. The molecule has 8 nitrogen and oxygen atoms in total. The van der Waals surface area contributed by atoms with E-state index in [-0.39, 0.29) is 30.2 Å². The number of likely N-dealkylation sites (tertiary alicyclic amines) is 1. The number of carbonyl (C=O) groups excluding carboxylic acids is 3. The summed E-state index contributed by atoms with van der Waals surface area (Å²) in [6.45, 7) is 6.95. The summed E-state index contributed by atoms with van der Waals surface area (Å²) < 4.78 is 0. The second-order valence-electron chi connectivity index (χ2n) is 10.5. The fraction of sp³-hybridized carbons (Fsp3) is 0.367. The first-order valence-corrected chi connectivity index (χ1v) is 14.1. The Morgan fingerprint density at radius 3 is 2.64 bits per heavy atom. The molecule has 2 aliphatic rings. The Kier molecular flexibility index (Phi) is 7.49. The van der Waals surface area contributed by atoms with E-state index in [1.807, 2.05) is 50.5 Å². The topological polar surface area (TPSA) is 106 Å². The number of thiazole rings is 1. The molecule has 9 heteroatoms. The number of benzene rings is 2. The summed E-state index contributed by atoms with van der Waals surface area (Å²) in [4.78, 5) is 49.0. The lowest BCUT2D eigenvalue weighted by Gasteiger charge is -2.35. The summed E-state index contributed by atoms with van der Waals surface area (Å²) in [5, 5.41) is 12.3. The van der Waals surface area contributed by atoms with Crippen LogP contribution >= 0.6 is 11.3 Å². The maximum atomic E-state index is 13.9. The summed E-state index contributed by atoms with van der Waals surface area (Å²) in [6.07, 6.45) is 1.32. The van der Waals surface area contributed by atoms with Gasteiger partial charge in [-0.05, 0) is 60.6 Å². The molecule has 3 heterocycles. The number of amides is 3. The van der Waals surface area contributed by atoms with Crippen molar-refractivity contribution in [2.75, 3.05) is 6.54 Å². The molecule has 2 aliphatic heterocycles. The minimum Gasteiger partial charge on any atom is -0.350 e. The Morgan fingerprint density at radius 2 is 1.97 bits per heavy atom. The highest BCUT2D eigenvalue weighted by molar-refractivity contribution is 7.13. The maximum Gasteiger partial charge on any atom is 0.255 e. The van der Waals surface area contributed by atoms with E-state index in [0.717, 1.165) is 33.7 Å². The Bertz CT molecular complexity index is 1460. The van der Waals surface area contributed by atoms with Crippen LogP contribution in [0.3, 0.4) is 0 Å². The van der Waals surface area contributed by atoms with Crippen LogP contribution in [0, 0.1) is 24.2 Å². The molecule has 0 aliphatic carbocycles. The van der Waals surface area contributed by atoms with E-state index in [4.69, 9.17) is 0 Å². The van der Waals surface area contributed by atoms with Gasteiger partial charge in [-0.15, -0.1) is 11.3 Å². The highest BCUT2D eigenvalue weighted by Gasteiger charge is 2.43. The second kappa shape index (κ2) is 11.0. The van der Waals surface area contributed by atoms with Gasteiger partial charge in [0.05, 0.1) is 27.7 Å². The number of nitrogens with zero attached hydrogens (tertiary/aromatic N) is 4. The van der Waals surface area contributed by atoms with E-state index in [9.17, 15) is 19.6 Å². The van der Waals surface area contributed by atoms with Gasteiger partial charge in [-0.2, -0.15) is 5.26 Å². The van der Waals surface area contributed by atoms with Crippen molar-refractivity contribution in [3.8, 4) is 16.5 Å². The number of carbonyl (C=O) groups is 3. The van der Waals surface area contributed by atoms with E-state index in [1.54, 1.807) is 39.3 Å². The predicted molar refractivity (Wildman–Crippen MR) is 149 cm³/mol. The van der Waals surface area contributed by atoms with Crippen LogP contribution < -0.4 is 5.32 Å². The maximum absolute atomic E-state index is 13.9. The Hall–Kier alpha value is -4.03. The van der Waals surface area contributed by atoms with Gasteiger partial charge >= 0.3 is 0 Å². The Morgan fingerprint density at radius 1 is 1.21 bits per heavy atom. The Balaban J connectivity index is 1.26. The van der Waals surface area contributed by atoms with Crippen LogP contribution in [0.15, 0.2) is 48.0 Å². The number of nitriles is 1. The minimum absolute atomic E-state index is 0.142. The highest BCUT2D eigenvalue weighted by Crippen LogP contribution is 2.31. The van der Waals surface area contributed by atoms with Gasteiger partial charge in [-0.25, -0.2) is 4.98 Å². The van der Waals surface area contributed by atoms with Crippen molar-refractivity contribution in [2.24, 2.45) is 5.92 Å². The minimum atomic E-state index is -0.688. The molecular formula is C30H31N5O3S. The Labute approximate surface area is 232 Å². The molecule has 2 unspecified atom stereocenters. The SMILES string of the molecule is Cc1ncsc1-c1ccc(CNC(=O)C2CCCN2C(=O)C(C(C)C)N2Cc3cc(C#N)ccc3C2=O)cc1. The molecule has 1 aromatic heterocycles. The van der Waals surface area contributed by atoms with Gasteiger partial charge in [0.25, 0.3) is 5.91 Å². The van der Waals surface area contributed by atoms with Crippen LogP contribution in [0.2, 0.25) is 0 Å². The first kappa shape index (κ1) is 26.6. The smallest absolute Gasteiger partial charge is 0.255 e. The zero-order valence-electron chi connectivity index (χ0n) is 22.3. The fourth-order valence-corrected chi connectivity index (χ4v) is 6.36. The first-order chi connectivity index (χ1) is 18.8. The van der Waals surface area contributed by atoms with Crippen LogP contribution in [-0.4, -0.2) is 51.1 Å². The summed E-state index contributed by atoms with van der Waals surface area (Å²) in [5.41, 5.74) is 6.67. The van der Waals surface area contributed by atoms with Crippen LogP contribution in [0.4, 0.5) is 0 Å². The third kappa shape index (κ3) is 5.17. The molecule has 0 spiro atoms. The monoisotopic (exact) mass is 541 g/mol. The van der Waals surface area contributed by atoms with Crippen LogP contribution in [-0.2, 0) is 22.7 Å². The summed E-state index contributed by atoms with van der Waals surface area (Å²) >= 11 is 1.60. The number of aryl methyl sites for hydroxylation is 1. The number of aromatic nitrogens is 1. The van der Waals surface area contributed by atoms with Crippen molar-refractivity contribution >= 4 is 29.1 Å². The summed E-state index contributed by atoms with van der Waals surface area (Å²) in [5.74, 6) is -0.732. The first-order valence-electron chi connectivity index (χ1n) is 13.2. The van der Waals surface area contributed by atoms with Crippen LogP contribution in [0.5, 0.6) is 0 Å². The van der Waals surface area contributed by atoms with E-state index in [1.165, 1.54) is 0 Å². The van der Waals surface area contributed by atoms with E-state index < -0.39 is 12.1 Å². The lowest BCUT2D eigenvalue weighted by molar-refractivity contribution is -0.143. The molecule has 0 radical (unpaired) electrons. The lowest BCUT2D eigenvalue weighted by Crippen LogP contribution is -2.55. The number of hydrogen-bond donors (Lipinski definition) is 1. The van der Waals surface area contributed by atoms with Crippen LogP contribution in [0.1, 0.15) is 59.4 Å². The zero-order valence-corrected chi connectivity index (χ0v) is 23.1. The van der Waals surface area contributed by atoms with Crippen molar-refractivity contribution in [1.82, 2.24) is 20.1 Å². The predicted octanol–water partition coefficient (Wildman–Crippen LogP) is 4.28. The number of hydrogen-bond acceptors (Lipinski definition) is 6. The molecule has 2 atom stereocenters. The normalized spacial score (nSPS) is 17.3. The molecule has 3 aromatic rings. The summed E-state index contributed by atoms with van der Waals surface area (Å²) in [6, 6.07) is 13.9. The molecule has 0 bridgehead atoms. The average Bonchev–Trinajstić information content (AvgIpc) is 3.67. The molecule has 2 aromatic carbocycles. The van der Waals surface area contributed by atoms with Crippen molar-refractivity contribution in [3.05, 3.63) is 75.9 Å². The van der Waals surface area contributed by atoms with Gasteiger partial charge in [0.1, 0.15) is 12.1 Å². The van der Waals surface area contributed by atoms with E-state index in [0.29, 0.717) is 30.6 Å². The third-order valence-electron chi connectivity index (χ3n) is 7.55. The highest BCUT2D eigenvalue weighted by atomic mass is 32.1. The second-order valence-corrected chi connectivity index (χ2v) is 11.3. The van der Waals surface area contributed by atoms with Crippen molar-refractivity contribution < 1.29 is 14.4 Å². The number of rotatable bonds is 7. The molecule has 1 N–H and O–H groups in total. The van der Waals surface area contributed by atoms with Gasteiger partial charge in [0, 0.05) is 25.2 Å². The molecule has 0 saturated carbocycles. The van der Waals surface area contributed by atoms with Crippen molar-refractivity contribution in [1.29, 1.82) is 5.26 Å². The van der Waals surface area contributed by atoms with Crippen molar-refractivity contribution in [3.63, 3.8) is 0 Å². The fourth-order valence-electron chi connectivity index (χ4n) is 5.55. The van der Waals surface area contributed by atoms with Gasteiger partial charge < -0.3 is 15.1 Å². The van der Waals surface area contributed by atoms with E-state index >= 15 is 0 Å². The standard InChI is InChI=1S/C30H31N5O3S/c1-18(2)26(35-16-23-13-21(14-31)8-11-24(23)29(35)37)30(38)34-12-4-5-25(34)28(36)32-15-20-6-9-22(10-7-20)27-19(3)33-17-39-27/h6-11,13,17-18,25-26H,4-5,12,15-16H2,1-3H3,(H,32,36). The van der Waals surface area contributed by atoms with Crippen molar-refractivity contribution in [2.45, 2.75) is 58.8 Å². The zero-order chi connectivity index (χ0) is 27.7. The molecular weight excluding hydrogens is 510 g/mol. The molecule has 200 valence electrons. The average molecular weight is 542 g/mol. The third-order valence-corrected chi connectivity index (χ3v) is 8.53. The van der Waals surface area contributed by atoms with Gasteiger partial charge in [-0.1, -0.05) is 38.1 Å². The lowest BCUT2D eigenvalue weighted by atomic mass is 10.0. The van der Waals surface area contributed by atoms with Gasteiger partial charge in [0.15, 0.2) is 0 Å².